The van der Waals surface area contributed by atoms with Gasteiger partial charge in [-0.15, -0.1) is 11.6 Å². The van der Waals surface area contributed by atoms with E-state index in [2.05, 4.69) is 0 Å². The summed E-state index contributed by atoms with van der Waals surface area (Å²) in [6.07, 6.45) is 1.23. The van der Waals surface area contributed by atoms with Crippen LogP contribution >= 0.6 is 11.6 Å². The number of sulfone groups is 1. The van der Waals surface area contributed by atoms with Crippen molar-refractivity contribution in [1.29, 1.82) is 0 Å². The Morgan fingerprint density at radius 3 is 2.39 bits per heavy atom. The summed E-state index contributed by atoms with van der Waals surface area (Å²) in [5.41, 5.74) is 0.833. The standard InChI is InChI=1S/C14H21ClO2S/c1-4-9-18(16,17)14-8-6-5-7-12(14)10-13(15)11(2)3/h5-8,11,13H,4,9-10H2,1-3H3. The molecule has 18 heavy (non-hydrogen) atoms. The summed E-state index contributed by atoms with van der Waals surface area (Å²) in [5.74, 6) is 0.521. The van der Waals surface area contributed by atoms with Crippen LogP contribution in [0.4, 0.5) is 0 Å². The molecular formula is C14H21ClO2S. The van der Waals surface area contributed by atoms with Crippen LogP contribution in [-0.4, -0.2) is 19.5 Å². The fourth-order valence-electron chi connectivity index (χ4n) is 1.80. The van der Waals surface area contributed by atoms with Gasteiger partial charge in [0.2, 0.25) is 0 Å². The van der Waals surface area contributed by atoms with Crippen LogP contribution in [-0.2, 0) is 16.3 Å². The second kappa shape index (κ2) is 6.58. The first kappa shape index (κ1) is 15.5. The first-order valence-electron chi connectivity index (χ1n) is 6.33. The van der Waals surface area contributed by atoms with Crippen molar-refractivity contribution in [3.05, 3.63) is 29.8 Å². The van der Waals surface area contributed by atoms with Gasteiger partial charge in [0.25, 0.3) is 0 Å². The molecule has 0 amide bonds. The van der Waals surface area contributed by atoms with Crippen molar-refractivity contribution in [2.24, 2.45) is 5.92 Å². The van der Waals surface area contributed by atoms with Gasteiger partial charge in [0.1, 0.15) is 0 Å². The maximum absolute atomic E-state index is 12.2. The lowest BCUT2D eigenvalue weighted by Crippen LogP contribution is -2.15. The summed E-state index contributed by atoms with van der Waals surface area (Å²) in [7, 11) is -3.17. The van der Waals surface area contributed by atoms with Gasteiger partial charge in [0.05, 0.1) is 10.6 Å². The van der Waals surface area contributed by atoms with E-state index in [9.17, 15) is 8.42 Å². The first-order valence-corrected chi connectivity index (χ1v) is 8.42. The van der Waals surface area contributed by atoms with Gasteiger partial charge in [-0.1, -0.05) is 39.0 Å². The topological polar surface area (TPSA) is 34.1 Å². The monoisotopic (exact) mass is 288 g/mol. The van der Waals surface area contributed by atoms with E-state index in [-0.39, 0.29) is 11.1 Å². The summed E-state index contributed by atoms with van der Waals surface area (Å²) >= 11 is 6.25. The third kappa shape index (κ3) is 3.99. The van der Waals surface area contributed by atoms with E-state index in [1.54, 1.807) is 12.1 Å². The molecule has 0 aliphatic heterocycles. The summed E-state index contributed by atoms with van der Waals surface area (Å²) in [5, 5.41) is -0.0389. The molecule has 1 aromatic carbocycles. The molecule has 0 aliphatic rings. The van der Waals surface area contributed by atoms with Crippen LogP contribution in [0.2, 0.25) is 0 Å². The molecule has 0 fully saturated rings. The molecule has 0 N–H and O–H groups in total. The highest BCUT2D eigenvalue weighted by Crippen LogP contribution is 2.23. The minimum absolute atomic E-state index is 0.0389. The van der Waals surface area contributed by atoms with Gasteiger partial charge < -0.3 is 0 Å². The summed E-state index contributed by atoms with van der Waals surface area (Å²) in [6.45, 7) is 5.96. The third-order valence-corrected chi connectivity index (χ3v) is 5.59. The highest BCUT2D eigenvalue weighted by Gasteiger charge is 2.20. The summed E-state index contributed by atoms with van der Waals surface area (Å²) < 4.78 is 24.3. The Kier molecular flexibility index (Phi) is 5.67. The zero-order valence-electron chi connectivity index (χ0n) is 11.2. The fourth-order valence-corrected chi connectivity index (χ4v) is 3.56. The van der Waals surface area contributed by atoms with E-state index >= 15 is 0 Å². The van der Waals surface area contributed by atoms with Gasteiger partial charge >= 0.3 is 0 Å². The minimum Gasteiger partial charge on any atom is -0.224 e. The SMILES string of the molecule is CCCS(=O)(=O)c1ccccc1CC(Cl)C(C)C. The molecule has 2 nitrogen and oxygen atoms in total. The van der Waals surface area contributed by atoms with E-state index in [1.807, 2.05) is 32.9 Å². The zero-order chi connectivity index (χ0) is 13.8. The smallest absolute Gasteiger partial charge is 0.178 e. The largest absolute Gasteiger partial charge is 0.224 e. The lowest BCUT2D eigenvalue weighted by Gasteiger charge is -2.16. The number of halogens is 1. The second-order valence-corrected chi connectivity index (χ2v) is 7.53. The third-order valence-electron chi connectivity index (χ3n) is 2.92. The van der Waals surface area contributed by atoms with E-state index in [1.165, 1.54) is 0 Å². The Labute approximate surface area is 115 Å². The zero-order valence-corrected chi connectivity index (χ0v) is 12.8. The second-order valence-electron chi connectivity index (χ2n) is 4.89. The van der Waals surface area contributed by atoms with Crippen LogP contribution in [0.3, 0.4) is 0 Å². The Morgan fingerprint density at radius 2 is 1.83 bits per heavy atom. The molecule has 0 aliphatic carbocycles. The van der Waals surface area contributed by atoms with E-state index in [0.717, 1.165) is 5.56 Å². The van der Waals surface area contributed by atoms with Crippen molar-refractivity contribution in [2.75, 3.05) is 5.75 Å². The van der Waals surface area contributed by atoms with Crippen LogP contribution < -0.4 is 0 Å². The number of rotatable bonds is 6. The summed E-state index contributed by atoms with van der Waals surface area (Å²) in [4.78, 5) is 0.443. The molecule has 0 bridgehead atoms. The average Bonchev–Trinajstić information content (AvgIpc) is 2.29. The van der Waals surface area contributed by atoms with Crippen molar-refractivity contribution >= 4 is 21.4 Å². The molecule has 102 valence electrons. The van der Waals surface area contributed by atoms with Crippen LogP contribution in [0.1, 0.15) is 32.8 Å². The lowest BCUT2D eigenvalue weighted by molar-refractivity contribution is 0.581. The molecule has 0 aromatic heterocycles. The van der Waals surface area contributed by atoms with Crippen molar-refractivity contribution in [1.82, 2.24) is 0 Å². The average molecular weight is 289 g/mol. The van der Waals surface area contributed by atoms with Crippen LogP contribution in [0.5, 0.6) is 0 Å². The highest BCUT2D eigenvalue weighted by atomic mass is 35.5. The van der Waals surface area contributed by atoms with Crippen molar-refractivity contribution in [3.63, 3.8) is 0 Å². The number of alkyl halides is 1. The Balaban J connectivity index is 3.07. The first-order chi connectivity index (χ1) is 8.38. The predicted molar refractivity (Wildman–Crippen MR) is 77.0 cm³/mol. The Bertz CT molecular complexity index is 480. The van der Waals surface area contributed by atoms with E-state index in [4.69, 9.17) is 11.6 Å². The number of hydrogen-bond acceptors (Lipinski definition) is 2. The molecule has 1 rings (SSSR count). The quantitative estimate of drug-likeness (QED) is 0.749. The molecule has 0 heterocycles. The normalized spacial score (nSPS) is 13.8. The Hall–Kier alpha value is -0.540. The summed E-state index contributed by atoms with van der Waals surface area (Å²) in [6, 6.07) is 7.18. The maximum atomic E-state index is 12.2. The van der Waals surface area contributed by atoms with Crippen LogP contribution in [0, 0.1) is 5.92 Å². The lowest BCUT2D eigenvalue weighted by atomic mass is 10.0. The molecule has 0 radical (unpaired) electrons. The van der Waals surface area contributed by atoms with Crippen molar-refractivity contribution in [2.45, 2.75) is 43.9 Å². The van der Waals surface area contributed by atoms with Crippen molar-refractivity contribution in [3.8, 4) is 0 Å². The van der Waals surface area contributed by atoms with Gasteiger partial charge in [-0.3, -0.25) is 0 Å². The van der Waals surface area contributed by atoms with E-state index < -0.39 is 9.84 Å². The molecule has 0 spiro atoms. The van der Waals surface area contributed by atoms with Gasteiger partial charge in [-0.2, -0.15) is 0 Å². The molecule has 1 atom stereocenters. The Morgan fingerprint density at radius 1 is 1.22 bits per heavy atom. The molecule has 0 saturated carbocycles. The van der Waals surface area contributed by atoms with Gasteiger partial charge in [-0.05, 0) is 30.4 Å². The van der Waals surface area contributed by atoms with Crippen molar-refractivity contribution < 1.29 is 8.42 Å². The van der Waals surface area contributed by atoms with E-state index in [0.29, 0.717) is 23.7 Å². The molecule has 0 saturated heterocycles. The van der Waals surface area contributed by atoms with Crippen LogP contribution in [0.25, 0.3) is 0 Å². The fraction of sp³-hybridized carbons (Fsp3) is 0.571. The van der Waals surface area contributed by atoms with Gasteiger partial charge in [-0.25, -0.2) is 8.42 Å². The molecule has 4 heteroatoms. The van der Waals surface area contributed by atoms with Gasteiger partial charge in [0.15, 0.2) is 9.84 Å². The predicted octanol–water partition coefficient (Wildman–Crippen LogP) is 3.68. The molecule has 1 unspecified atom stereocenters. The highest BCUT2D eigenvalue weighted by molar-refractivity contribution is 7.91. The van der Waals surface area contributed by atoms with Crippen LogP contribution in [0.15, 0.2) is 29.2 Å². The maximum Gasteiger partial charge on any atom is 0.178 e. The minimum atomic E-state index is -3.17. The van der Waals surface area contributed by atoms with Gasteiger partial charge in [0, 0.05) is 5.38 Å². The number of benzene rings is 1. The molecular weight excluding hydrogens is 268 g/mol. The molecule has 1 aromatic rings. The number of hydrogen-bond donors (Lipinski definition) is 0.